The van der Waals surface area contributed by atoms with Gasteiger partial charge in [-0.15, -0.1) is 12.4 Å². The maximum Gasteiger partial charge on any atom is 0.254 e. The first-order valence-corrected chi connectivity index (χ1v) is 5.90. The molecule has 2 rings (SSSR count). The van der Waals surface area contributed by atoms with Crippen LogP contribution in [0.5, 0.6) is 0 Å². The topological polar surface area (TPSA) is 41.1 Å². The summed E-state index contributed by atoms with van der Waals surface area (Å²) in [5, 5.41) is 5.84. The third kappa shape index (κ3) is 3.66. The zero-order chi connectivity index (χ0) is 11.5. The van der Waals surface area contributed by atoms with Crippen molar-refractivity contribution in [3.05, 3.63) is 34.1 Å². The van der Waals surface area contributed by atoms with Gasteiger partial charge in [0, 0.05) is 30.0 Å². The van der Waals surface area contributed by atoms with Crippen LogP contribution >= 0.6 is 28.3 Å². The molecule has 3 nitrogen and oxygen atoms in total. The van der Waals surface area contributed by atoms with Crippen LogP contribution in [0.4, 0.5) is 4.39 Å². The van der Waals surface area contributed by atoms with E-state index in [2.05, 4.69) is 26.6 Å². The number of halogens is 3. The summed E-state index contributed by atoms with van der Waals surface area (Å²) < 4.78 is 14.0. The lowest BCUT2D eigenvalue weighted by Crippen LogP contribution is -2.48. The molecule has 2 N–H and O–H groups in total. The van der Waals surface area contributed by atoms with Gasteiger partial charge in [-0.1, -0.05) is 15.9 Å². The zero-order valence-corrected chi connectivity index (χ0v) is 11.4. The van der Waals surface area contributed by atoms with Gasteiger partial charge in [-0.2, -0.15) is 0 Å². The highest BCUT2D eigenvalue weighted by Crippen LogP contribution is 2.15. The van der Waals surface area contributed by atoms with Crippen LogP contribution in [0.25, 0.3) is 0 Å². The van der Waals surface area contributed by atoms with Crippen LogP contribution in [-0.2, 0) is 0 Å². The van der Waals surface area contributed by atoms with E-state index in [0.29, 0.717) is 16.9 Å². The van der Waals surface area contributed by atoms with Crippen molar-refractivity contribution >= 4 is 34.2 Å². The fourth-order valence-electron chi connectivity index (χ4n) is 1.50. The van der Waals surface area contributed by atoms with Gasteiger partial charge in [-0.25, -0.2) is 4.39 Å². The third-order valence-corrected chi connectivity index (χ3v) is 3.09. The molecule has 0 atom stereocenters. The molecule has 0 unspecified atom stereocenters. The average molecular weight is 324 g/mol. The van der Waals surface area contributed by atoms with Crippen LogP contribution in [0.2, 0.25) is 0 Å². The molecule has 1 aliphatic rings. The number of carbonyl (C=O) groups excluding carboxylic acids is 1. The minimum Gasteiger partial charge on any atom is -0.352 e. The van der Waals surface area contributed by atoms with Crippen LogP contribution in [0.3, 0.4) is 0 Å². The van der Waals surface area contributed by atoms with E-state index in [1.165, 1.54) is 12.1 Å². The highest BCUT2D eigenvalue weighted by molar-refractivity contribution is 9.10. The van der Waals surface area contributed by atoms with Gasteiger partial charge in [0.05, 0.1) is 5.56 Å². The second-order valence-electron chi connectivity index (χ2n) is 3.86. The number of hydrogen-bond acceptors (Lipinski definition) is 2. The van der Waals surface area contributed by atoms with E-state index in [1.54, 1.807) is 6.07 Å². The number of nitrogens with one attached hydrogen (secondary N) is 2. The summed E-state index contributed by atoms with van der Waals surface area (Å²) in [6.07, 6.45) is 0. The predicted molar refractivity (Wildman–Crippen MR) is 70.0 cm³/mol. The van der Waals surface area contributed by atoms with Crippen molar-refractivity contribution in [3.8, 4) is 0 Å². The van der Waals surface area contributed by atoms with E-state index in [0.717, 1.165) is 13.1 Å². The smallest absolute Gasteiger partial charge is 0.254 e. The summed E-state index contributed by atoms with van der Waals surface area (Å²) in [6.45, 7) is 2.44. The van der Waals surface area contributed by atoms with Gasteiger partial charge >= 0.3 is 0 Å². The Kier molecular flexibility index (Phi) is 5.36. The lowest BCUT2D eigenvalue weighted by atomic mass is 10.0. The summed E-state index contributed by atoms with van der Waals surface area (Å²) in [5.41, 5.74) is 0.0930. The highest BCUT2D eigenvalue weighted by atomic mass is 79.9. The van der Waals surface area contributed by atoms with Gasteiger partial charge in [0.2, 0.25) is 0 Å². The van der Waals surface area contributed by atoms with E-state index >= 15 is 0 Å². The van der Waals surface area contributed by atoms with Crippen LogP contribution in [0, 0.1) is 11.7 Å². The van der Waals surface area contributed by atoms with Crippen molar-refractivity contribution < 1.29 is 9.18 Å². The molecule has 0 saturated carbocycles. The summed E-state index contributed by atoms with van der Waals surface area (Å²) in [4.78, 5) is 11.6. The lowest BCUT2D eigenvalue weighted by molar-refractivity contribution is 0.0938. The van der Waals surface area contributed by atoms with Crippen molar-refractivity contribution in [1.29, 1.82) is 0 Å². The van der Waals surface area contributed by atoms with Gasteiger partial charge in [-0.05, 0) is 18.2 Å². The molecule has 0 radical (unpaired) electrons. The Morgan fingerprint density at radius 1 is 1.53 bits per heavy atom. The predicted octanol–water partition coefficient (Wildman–Crippen LogP) is 1.96. The fraction of sp³-hybridized carbons (Fsp3) is 0.364. The number of carbonyl (C=O) groups is 1. The molecule has 1 saturated heterocycles. The van der Waals surface area contributed by atoms with Gasteiger partial charge in [0.25, 0.3) is 5.91 Å². The number of amides is 1. The largest absolute Gasteiger partial charge is 0.352 e. The van der Waals surface area contributed by atoms with E-state index in [9.17, 15) is 9.18 Å². The Morgan fingerprint density at radius 2 is 2.24 bits per heavy atom. The van der Waals surface area contributed by atoms with Crippen LogP contribution in [0.1, 0.15) is 10.4 Å². The number of rotatable bonds is 3. The Bertz CT molecular complexity index is 412. The molecule has 17 heavy (non-hydrogen) atoms. The SMILES string of the molecule is Cl.O=C(NCC1CNC1)c1ccc(Br)cc1F. The maximum atomic E-state index is 13.4. The first-order chi connectivity index (χ1) is 7.66. The summed E-state index contributed by atoms with van der Waals surface area (Å²) in [5.74, 6) is -0.377. The Balaban J connectivity index is 0.00000144. The Morgan fingerprint density at radius 3 is 2.76 bits per heavy atom. The molecule has 1 aliphatic heterocycles. The third-order valence-electron chi connectivity index (χ3n) is 2.59. The van der Waals surface area contributed by atoms with Gasteiger partial charge < -0.3 is 10.6 Å². The van der Waals surface area contributed by atoms with Crippen molar-refractivity contribution in [1.82, 2.24) is 10.6 Å². The Labute approximate surface area is 114 Å². The average Bonchev–Trinajstić information content (AvgIpc) is 2.14. The van der Waals surface area contributed by atoms with Crippen molar-refractivity contribution in [2.75, 3.05) is 19.6 Å². The molecule has 1 amide bonds. The molecular formula is C11H13BrClFN2O. The molecule has 1 fully saturated rings. The van der Waals surface area contributed by atoms with E-state index in [-0.39, 0.29) is 23.9 Å². The zero-order valence-electron chi connectivity index (χ0n) is 9.00. The monoisotopic (exact) mass is 322 g/mol. The van der Waals surface area contributed by atoms with Gasteiger partial charge in [0.1, 0.15) is 5.82 Å². The molecule has 1 aromatic carbocycles. The summed E-state index contributed by atoms with van der Waals surface area (Å²) in [6, 6.07) is 4.43. The molecule has 0 aromatic heterocycles. The summed E-state index contributed by atoms with van der Waals surface area (Å²) in [7, 11) is 0. The lowest BCUT2D eigenvalue weighted by Gasteiger charge is -2.27. The highest BCUT2D eigenvalue weighted by Gasteiger charge is 2.18. The van der Waals surface area contributed by atoms with Crippen LogP contribution < -0.4 is 10.6 Å². The van der Waals surface area contributed by atoms with Gasteiger partial charge in [0.15, 0.2) is 0 Å². The van der Waals surface area contributed by atoms with Crippen molar-refractivity contribution in [3.63, 3.8) is 0 Å². The van der Waals surface area contributed by atoms with Crippen molar-refractivity contribution in [2.24, 2.45) is 5.92 Å². The maximum absolute atomic E-state index is 13.4. The standard InChI is InChI=1S/C11H12BrFN2O.ClH/c12-8-1-2-9(10(13)3-8)11(16)15-6-7-4-14-5-7;/h1-3,7,14H,4-6H2,(H,15,16);1H. The van der Waals surface area contributed by atoms with Crippen LogP contribution in [0.15, 0.2) is 22.7 Å². The molecule has 94 valence electrons. The normalized spacial score (nSPS) is 14.7. The molecule has 1 heterocycles. The van der Waals surface area contributed by atoms with Crippen molar-refractivity contribution in [2.45, 2.75) is 0 Å². The second-order valence-corrected chi connectivity index (χ2v) is 4.77. The number of benzene rings is 1. The van der Waals surface area contributed by atoms with Crippen LogP contribution in [-0.4, -0.2) is 25.5 Å². The fourth-order valence-corrected chi connectivity index (χ4v) is 1.83. The minimum absolute atomic E-state index is 0. The molecule has 1 aromatic rings. The second kappa shape index (κ2) is 6.33. The summed E-state index contributed by atoms with van der Waals surface area (Å²) >= 11 is 3.15. The minimum atomic E-state index is -0.501. The molecule has 0 spiro atoms. The molecular weight excluding hydrogens is 310 g/mol. The Hall–Kier alpha value is -0.650. The van der Waals surface area contributed by atoms with E-state index < -0.39 is 5.82 Å². The van der Waals surface area contributed by atoms with E-state index in [1.807, 2.05) is 0 Å². The van der Waals surface area contributed by atoms with Gasteiger partial charge in [-0.3, -0.25) is 4.79 Å². The quantitative estimate of drug-likeness (QED) is 0.893. The molecule has 0 aliphatic carbocycles. The molecule has 0 bridgehead atoms. The first-order valence-electron chi connectivity index (χ1n) is 5.11. The molecule has 6 heteroatoms. The van der Waals surface area contributed by atoms with E-state index in [4.69, 9.17) is 0 Å². The number of hydrogen-bond donors (Lipinski definition) is 2. The first kappa shape index (κ1) is 14.4.